The third kappa shape index (κ3) is 4.86. The van der Waals surface area contributed by atoms with Crippen LogP contribution in [-0.4, -0.2) is 18.2 Å². The van der Waals surface area contributed by atoms with E-state index < -0.39 is 0 Å². The van der Waals surface area contributed by atoms with Crippen molar-refractivity contribution in [3.8, 4) is 0 Å². The fourth-order valence-electron chi connectivity index (χ4n) is 1.29. The van der Waals surface area contributed by atoms with Crippen LogP contribution in [0.2, 0.25) is 5.02 Å². The standard InChI is InChI=1S/C13H17ClFNOS/c1-9(2)13(17)16-6-7-18-8-10-11(14)4-3-5-12(10)15/h3-5,9H,6-8H2,1-2H3,(H,16,17). The van der Waals surface area contributed by atoms with Crippen molar-refractivity contribution in [1.82, 2.24) is 5.32 Å². The van der Waals surface area contributed by atoms with Crippen molar-refractivity contribution in [3.63, 3.8) is 0 Å². The fourth-order valence-corrected chi connectivity index (χ4v) is 2.49. The maximum absolute atomic E-state index is 13.4. The molecule has 0 heterocycles. The molecule has 0 unspecified atom stereocenters. The lowest BCUT2D eigenvalue weighted by Crippen LogP contribution is -2.29. The van der Waals surface area contributed by atoms with Crippen LogP contribution in [0.15, 0.2) is 18.2 Å². The van der Waals surface area contributed by atoms with E-state index in [9.17, 15) is 9.18 Å². The van der Waals surface area contributed by atoms with Gasteiger partial charge in [-0.2, -0.15) is 11.8 Å². The van der Waals surface area contributed by atoms with Crippen molar-refractivity contribution in [3.05, 3.63) is 34.6 Å². The highest BCUT2D eigenvalue weighted by Gasteiger charge is 2.07. The molecule has 0 aliphatic carbocycles. The lowest BCUT2D eigenvalue weighted by atomic mass is 10.2. The molecule has 0 saturated heterocycles. The van der Waals surface area contributed by atoms with Crippen LogP contribution in [0.4, 0.5) is 4.39 Å². The number of rotatable bonds is 6. The summed E-state index contributed by atoms with van der Waals surface area (Å²) in [4.78, 5) is 11.3. The molecule has 1 N–H and O–H groups in total. The number of nitrogens with one attached hydrogen (secondary N) is 1. The minimum Gasteiger partial charge on any atom is -0.355 e. The normalized spacial score (nSPS) is 10.7. The van der Waals surface area contributed by atoms with Crippen molar-refractivity contribution in [1.29, 1.82) is 0 Å². The molecule has 1 amide bonds. The summed E-state index contributed by atoms with van der Waals surface area (Å²) in [6, 6.07) is 4.68. The molecule has 0 fully saturated rings. The van der Waals surface area contributed by atoms with Crippen molar-refractivity contribution in [2.75, 3.05) is 12.3 Å². The average Bonchev–Trinajstić information content (AvgIpc) is 2.31. The number of benzene rings is 1. The number of carbonyl (C=O) groups excluding carboxylic acids is 1. The van der Waals surface area contributed by atoms with E-state index >= 15 is 0 Å². The highest BCUT2D eigenvalue weighted by molar-refractivity contribution is 7.98. The minimum absolute atomic E-state index is 0.00369. The second kappa shape index (κ2) is 7.64. The summed E-state index contributed by atoms with van der Waals surface area (Å²) in [5, 5.41) is 3.26. The molecule has 0 aliphatic heterocycles. The van der Waals surface area contributed by atoms with Crippen molar-refractivity contribution in [2.45, 2.75) is 19.6 Å². The summed E-state index contributed by atoms with van der Waals surface area (Å²) in [6.07, 6.45) is 0. The zero-order chi connectivity index (χ0) is 13.5. The molecule has 1 aromatic rings. The number of halogens is 2. The quantitative estimate of drug-likeness (QED) is 0.812. The van der Waals surface area contributed by atoms with Gasteiger partial charge in [0.2, 0.25) is 5.91 Å². The first-order valence-corrected chi connectivity index (χ1v) is 7.34. The van der Waals surface area contributed by atoms with Crippen LogP contribution in [0, 0.1) is 11.7 Å². The summed E-state index contributed by atoms with van der Waals surface area (Å²) < 4.78 is 13.4. The maximum Gasteiger partial charge on any atom is 0.222 e. The van der Waals surface area contributed by atoms with Gasteiger partial charge in [-0.05, 0) is 12.1 Å². The van der Waals surface area contributed by atoms with Gasteiger partial charge in [-0.3, -0.25) is 4.79 Å². The third-order valence-electron chi connectivity index (χ3n) is 2.38. The zero-order valence-electron chi connectivity index (χ0n) is 10.5. The monoisotopic (exact) mass is 289 g/mol. The van der Waals surface area contributed by atoms with Crippen LogP contribution >= 0.6 is 23.4 Å². The van der Waals surface area contributed by atoms with E-state index in [1.165, 1.54) is 6.07 Å². The molecule has 0 saturated carbocycles. The third-order valence-corrected chi connectivity index (χ3v) is 3.72. The van der Waals surface area contributed by atoms with Gasteiger partial charge in [-0.1, -0.05) is 31.5 Å². The number of hydrogen-bond donors (Lipinski definition) is 1. The van der Waals surface area contributed by atoms with Crippen LogP contribution in [-0.2, 0) is 10.5 Å². The number of carbonyl (C=O) groups is 1. The molecule has 18 heavy (non-hydrogen) atoms. The van der Waals surface area contributed by atoms with E-state index in [-0.39, 0.29) is 17.6 Å². The Morgan fingerprint density at radius 2 is 2.22 bits per heavy atom. The van der Waals surface area contributed by atoms with Crippen molar-refractivity contribution < 1.29 is 9.18 Å². The lowest BCUT2D eigenvalue weighted by Gasteiger charge is -2.08. The van der Waals surface area contributed by atoms with Gasteiger partial charge in [-0.25, -0.2) is 4.39 Å². The molecular weight excluding hydrogens is 273 g/mol. The topological polar surface area (TPSA) is 29.1 Å². The first-order chi connectivity index (χ1) is 8.52. The first-order valence-electron chi connectivity index (χ1n) is 5.80. The summed E-state index contributed by atoms with van der Waals surface area (Å²) >= 11 is 7.46. The molecule has 0 atom stereocenters. The van der Waals surface area contributed by atoms with E-state index in [4.69, 9.17) is 11.6 Å². The van der Waals surface area contributed by atoms with Crippen LogP contribution in [0.25, 0.3) is 0 Å². The van der Waals surface area contributed by atoms with Crippen LogP contribution in [0.1, 0.15) is 19.4 Å². The van der Waals surface area contributed by atoms with E-state index in [1.54, 1.807) is 23.9 Å². The number of hydrogen-bond acceptors (Lipinski definition) is 2. The highest BCUT2D eigenvalue weighted by Crippen LogP contribution is 2.23. The Balaban J connectivity index is 2.28. The molecule has 1 aromatic carbocycles. The average molecular weight is 290 g/mol. The molecule has 1 rings (SSSR count). The second-order valence-electron chi connectivity index (χ2n) is 4.20. The molecule has 100 valence electrons. The Labute approximate surface area is 116 Å². The van der Waals surface area contributed by atoms with Crippen molar-refractivity contribution in [2.24, 2.45) is 5.92 Å². The molecular formula is C13H17ClFNOS. The molecule has 2 nitrogen and oxygen atoms in total. The SMILES string of the molecule is CC(C)C(=O)NCCSCc1c(F)cccc1Cl. The Morgan fingerprint density at radius 1 is 1.50 bits per heavy atom. The summed E-state index contributed by atoms with van der Waals surface area (Å²) in [5.41, 5.74) is 0.527. The molecule has 5 heteroatoms. The summed E-state index contributed by atoms with van der Waals surface area (Å²) in [5.74, 6) is 1.02. The highest BCUT2D eigenvalue weighted by atomic mass is 35.5. The molecule has 0 spiro atoms. The van der Waals surface area contributed by atoms with Crippen LogP contribution in [0.5, 0.6) is 0 Å². The summed E-state index contributed by atoms with van der Waals surface area (Å²) in [7, 11) is 0. The van der Waals surface area contributed by atoms with Gasteiger partial charge < -0.3 is 5.32 Å². The number of amides is 1. The first kappa shape index (κ1) is 15.3. The number of thioether (sulfide) groups is 1. The zero-order valence-corrected chi connectivity index (χ0v) is 12.1. The summed E-state index contributed by atoms with van der Waals surface area (Å²) in [6.45, 7) is 4.29. The largest absolute Gasteiger partial charge is 0.355 e. The van der Waals surface area contributed by atoms with Gasteiger partial charge in [0.05, 0.1) is 0 Å². The molecule has 0 aliphatic rings. The smallest absolute Gasteiger partial charge is 0.222 e. The van der Waals surface area contributed by atoms with E-state index in [0.29, 0.717) is 22.9 Å². The van der Waals surface area contributed by atoms with Gasteiger partial charge >= 0.3 is 0 Å². The van der Waals surface area contributed by atoms with Gasteiger partial charge in [0.25, 0.3) is 0 Å². The molecule has 0 aromatic heterocycles. The van der Waals surface area contributed by atoms with Gasteiger partial charge in [0, 0.05) is 34.6 Å². The second-order valence-corrected chi connectivity index (χ2v) is 5.71. The predicted molar refractivity (Wildman–Crippen MR) is 75.4 cm³/mol. The van der Waals surface area contributed by atoms with Gasteiger partial charge in [-0.15, -0.1) is 0 Å². The van der Waals surface area contributed by atoms with E-state index in [2.05, 4.69) is 5.32 Å². The molecule has 0 bridgehead atoms. The Bertz CT molecular complexity index is 392. The van der Waals surface area contributed by atoms with Crippen LogP contribution < -0.4 is 5.32 Å². The van der Waals surface area contributed by atoms with E-state index in [0.717, 1.165) is 5.75 Å². The minimum atomic E-state index is -0.277. The Hall–Kier alpha value is -0.740. The van der Waals surface area contributed by atoms with Gasteiger partial charge in [0.1, 0.15) is 5.82 Å². The predicted octanol–water partition coefficient (Wildman–Crippen LogP) is 3.48. The van der Waals surface area contributed by atoms with Crippen LogP contribution in [0.3, 0.4) is 0 Å². The maximum atomic E-state index is 13.4. The molecule has 0 radical (unpaired) electrons. The lowest BCUT2D eigenvalue weighted by molar-refractivity contribution is -0.123. The van der Waals surface area contributed by atoms with E-state index in [1.807, 2.05) is 13.8 Å². The van der Waals surface area contributed by atoms with Gasteiger partial charge in [0.15, 0.2) is 0 Å². The Morgan fingerprint density at radius 3 is 2.83 bits per heavy atom. The Kier molecular flexibility index (Phi) is 6.50. The fraction of sp³-hybridized carbons (Fsp3) is 0.462. The van der Waals surface area contributed by atoms with Crippen molar-refractivity contribution >= 4 is 29.3 Å².